The summed E-state index contributed by atoms with van der Waals surface area (Å²) < 4.78 is 6.27. The number of hydrazine groups is 1. The maximum atomic E-state index is 5.60. The molecular formula is C11H14BrN3O. The quantitative estimate of drug-likeness (QED) is 0.658. The highest BCUT2D eigenvalue weighted by Crippen LogP contribution is 2.29. The predicted octanol–water partition coefficient (Wildman–Crippen LogP) is 2.04. The number of rotatable bonds is 3. The number of nitrogens with one attached hydrogen (secondary N) is 1. The van der Waals surface area contributed by atoms with Gasteiger partial charge >= 0.3 is 0 Å². The maximum absolute atomic E-state index is 5.60. The summed E-state index contributed by atoms with van der Waals surface area (Å²) in [6, 6.07) is 3.75. The molecule has 0 radical (unpaired) electrons. The van der Waals surface area contributed by atoms with Crippen molar-refractivity contribution in [3.63, 3.8) is 0 Å². The van der Waals surface area contributed by atoms with Crippen LogP contribution in [0.25, 0.3) is 0 Å². The zero-order valence-corrected chi connectivity index (χ0v) is 10.4. The standard InChI is InChI=1S/C11H14BrN3O/c12-9-4-1-5-14-11(9)10(15-13)8-3-2-6-16-7-8/h1,4-5,7,10,15H,2-3,6,13H2. The van der Waals surface area contributed by atoms with Crippen molar-refractivity contribution in [2.24, 2.45) is 5.84 Å². The molecule has 16 heavy (non-hydrogen) atoms. The van der Waals surface area contributed by atoms with Gasteiger partial charge in [-0.1, -0.05) is 0 Å². The Morgan fingerprint density at radius 2 is 2.44 bits per heavy atom. The van der Waals surface area contributed by atoms with Crippen molar-refractivity contribution in [3.8, 4) is 0 Å². The average molecular weight is 284 g/mol. The first-order valence-corrected chi connectivity index (χ1v) is 5.99. The smallest absolute Gasteiger partial charge is 0.0885 e. The number of ether oxygens (including phenoxy) is 1. The zero-order valence-electron chi connectivity index (χ0n) is 8.82. The van der Waals surface area contributed by atoms with Gasteiger partial charge < -0.3 is 4.74 Å². The molecule has 0 spiro atoms. The van der Waals surface area contributed by atoms with Gasteiger partial charge in [-0.25, -0.2) is 5.43 Å². The minimum atomic E-state index is -0.0872. The SMILES string of the molecule is NNC(C1=COCCC1)c1ncccc1Br. The summed E-state index contributed by atoms with van der Waals surface area (Å²) in [7, 11) is 0. The Morgan fingerprint density at radius 1 is 1.56 bits per heavy atom. The second kappa shape index (κ2) is 5.43. The van der Waals surface area contributed by atoms with Gasteiger partial charge in [-0.05, 0) is 46.5 Å². The Kier molecular flexibility index (Phi) is 3.93. The number of pyridine rings is 1. The van der Waals surface area contributed by atoms with Crippen molar-refractivity contribution in [2.75, 3.05) is 6.61 Å². The Labute approximate surface area is 103 Å². The summed E-state index contributed by atoms with van der Waals surface area (Å²) in [6.45, 7) is 0.782. The summed E-state index contributed by atoms with van der Waals surface area (Å²) in [4.78, 5) is 4.34. The second-order valence-electron chi connectivity index (χ2n) is 3.64. The zero-order chi connectivity index (χ0) is 11.4. The molecule has 0 aromatic carbocycles. The van der Waals surface area contributed by atoms with Crippen LogP contribution in [0.2, 0.25) is 0 Å². The summed E-state index contributed by atoms with van der Waals surface area (Å²) in [5.74, 6) is 5.60. The molecule has 0 bridgehead atoms. The van der Waals surface area contributed by atoms with Crippen LogP contribution in [0.5, 0.6) is 0 Å². The van der Waals surface area contributed by atoms with Gasteiger partial charge in [0.25, 0.3) is 0 Å². The fourth-order valence-electron chi connectivity index (χ4n) is 1.77. The van der Waals surface area contributed by atoms with Crippen LogP contribution >= 0.6 is 15.9 Å². The summed E-state index contributed by atoms with van der Waals surface area (Å²) in [5.41, 5.74) is 4.81. The molecule has 1 aromatic heterocycles. The van der Waals surface area contributed by atoms with Crippen molar-refractivity contribution >= 4 is 15.9 Å². The molecule has 1 aromatic rings. The van der Waals surface area contributed by atoms with E-state index in [0.717, 1.165) is 35.2 Å². The van der Waals surface area contributed by atoms with E-state index in [9.17, 15) is 0 Å². The van der Waals surface area contributed by atoms with E-state index in [0.29, 0.717) is 0 Å². The summed E-state index contributed by atoms with van der Waals surface area (Å²) in [6.07, 6.45) is 5.55. The topological polar surface area (TPSA) is 60.2 Å². The van der Waals surface area contributed by atoms with Crippen LogP contribution in [-0.2, 0) is 4.74 Å². The minimum Gasteiger partial charge on any atom is -0.501 e. The highest BCUT2D eigenvalue weighted by Gasteiger charge is 2.20. The average Bonchev–Trinajstić information content (AvgIpc) is 2.34. The van der Waals surface area contributed by atoms with Crippen LogP contribution in [0.1, 0.15) is 24.6 Å². The van der Waals surface area contributed by atoms with E-state index in [2.05, 4.69) is 26.3 Å². The van der Waals surface area contributed by atoms with Gasteiger partial charge in [-0.15, -0.1) is 0 Å². The molecule has 4 nitrogen and oxygen atoms in total. The Hall–Kier alpha value is -0.910. The number of nitrogens with zero attached hydrogens (tertiary/aromatic N) is 1. The van der Waals surface area contributed by atoms with Gasteiger partial charge in [0.05, 0.1) is 24.6 Å². The van der Waals surface area contributed by atoms with E-state index in [-0.39, 0.29) is 6.04 Å². The van der Waals surface area contributed by atoms with Crippen LogP contribution in [0.15, 0.2) is 34.6 Å². The van der Waals surface area contributed by atoms with Gasteiger partial charge in [-0.3, -0.25) is 10.8 Å². The second-order valence-corrected chi connectivity index (χ2v) is 4.49. The van der Waals surface area contributed by atoms with E-state index in [1.54, 1.807) is 12.5 Å². The molecule has 0 aliphatic carbocycles. The first-order chi connectivity index (χ1) is 7.83. The molecule has 86 valence electrons. The van der Waals surface area contributed by atoms with Crippen molar-refractivity contribution in [1.29, 1.82) is 0 Å². The maximum Gasteiger partial charge on any atom is 0.0885 e. The number of halogens is 1. The van der Waals surface area contributed by atoms with Crippen LogP contribution < -0.4 is 11.3 Å². The third kappa shape index (κ3) is 2.42. The number of hydrogen-bond acceptors (Lipinski definition) is 4. The molecule has 0 amide bonds. The molecule has 0 saturated carbocycles. The molecule has 2 heterocycles. The van der Waals surface area contributed by atoms with Crippen molar-refractivity contribution in [3.05, 3.63) is 40.3 Å². The molecule has 2 rings (SSSR count). The lowest BCUT2D eigenvalue weighted by molar-refractivity contribution is 0.219. The lowest BCUT2D eigenvalue weighted by Crippen LogP contribution is -2.31. The highest BCUT2D eigenvalue weighted by atomic mass is 79.9. The van der Waals surface area contributed by atoms with Gasteiger partial charge in [0.1, 0.15) is 0 Å². The van der Waals surface area contributed by atoms with Gasteiger partial charge in [0, 0.05) is 10.7 Å². The molecule has 1 aliphatic rings. The molecule has 0 saturated heterocycles. The van der Waals surface area contributed by atoms with Crippen LogP contribution in [0.4, 0.5) is 0 Å². The first kappa shape index (κ1) is 11.6. The van der Waals surface area contributed by atoms with E-state index < -0.39 is 0 Å². The third-order valence-electron chi connectivity index (χ3n) is 2.56. The summed E-state index contributed by atoms with van der Waals surface area (Å²) >= 11 is 3.48. The molecule has 1 aliphatic heterocycles. The lowest BCUT2D eigenvalue weighted by atomic mass is 9.99. The third-order valence-corrected chi connectivity index (χ3v) is 3.23. The number of nitrogens with two attached hydrogens (primary N) is 1. The van der Waals surface area contributed by atoms with Gasteiger partial charge in [-0.2, -0.15) is 0 Å². The molecule has 5 heteroatoms. The minimum absolute atomic E-state index is 0.0872. The molecular weight excluding hydrogens is 270 g/mol. The molecule has 1 atom stereocenters. The van der Waals surface area contributed by atoms with E-state index in [4.69, 9.17) is 10.6 Å². The van der Waals surface area contributed by atoms with E-state index in [1.807, 2.05) is 12.1 Å². The fourth-order valence-corrected chi connectivity index (χ4v) is 2.25. The lowest BCUT2D eigenvalue weighted by Gasteiger charge is -2.22. The van der Waals surface area contributed by atoms with Crippen LogP contribution in [-0.4, -0.2) is 11.6 Å². The predicted molar refractivity (Wildman–Crippen MR) is 65.3 cm³/mol. The molecule has 0 fully saturated rings. The van der Waals surface area contributed by atoms with Crippen molar-refractivity contribution in [1.82, 2.24) is 10.4 Å². The Balaban J connectivity index is 2.28. The van der Waals surface area contributed by atoms with Crippen LogP contribution in [0, 0.1) is 0 Å². The molecule has 1 unspecified atom stereocenters. The monoisotopic (exact) mass is 283 g/mol. The Bertz CT molecular complexity index is 395. The van der Waals surface area contributed by atoms with E-state index in [1.165, 1.54) is 0 Å². The summed E-state index contributed by atoms with van der Waals surface area (Å²) in [5, 5.41) is 0. The van der Waals surface area contributed by atoms with Crippen LogP contribution in [0.3, 0.4) is 0 Å². The van der Waals surface area contributed by atoms with Crippen molar-refractivity contribution < 1.29 is 4.74 Å². The normalized spacial score (nSPS) is 17.5. The fraction of sp³-hybridized carbons (Fsp3) is 0.364. The van der Waals surface area contributed by atoms with Gasteiger partial charge in [0.15, 0.2) is 0 Å². The largest absolute Gasteiger partial charge is 0.501 e. The highest BCUT2D eigenvalue weighted by molar-refractivity contribution is 9.10. The number of aromatic nitrogens is 1. The first-order valence-electron chi connectivity index (χ1n) is 5.20. The Morgan fingerprint density at radius 3 is 3.06 bits per heavy atom. The molecule has 3 N–H and O–H groups in total. The number of hydrogen-bond donors (Lipinski definition) is 2. The van der Waals surface area contributed by atoms with Gasteiger partial charge in [0.2, 0.25) is 0 Å². The van der Waals surface area contributed by atoms with E-state index >= 15 is 0 Å². The van der Waals surface area contributed by atoms with Crippen molar-refractivity contribution in [2.45, 2.75) is 18.9 Å².